The molecule has 0 spiro atoms. The maximum absolute atomic E-state index is 9.49. The first-order valence-corrected chi connectivity index (χ1v) is 6.84. The Balaban J connectivity index is 1.94. The van der Waals surface area contributed by atoms with Crippen LogP contribution in [-0.4, -0.2) is 6.79 Å². The lowest BCUT2D eigenvalue weighted by Gasteiger charge is -2.26. The molecule has 0 saturated carbocycles. The van der Waals surface area contributed by atoms with Crippen molar-refractivity contribution in [2.45, 2.75) is 5.92 Å². The largest absolute Gasteiger partial charge is 0.454 e. The first kappa shape index (κ1) is 12.6. The Labute approximate surface area is 127 Å². The summed E-state index contributed by atoms with van der Waals surface area (Å²) in [6, 6.07) is 15.5. The Morgan fingerprint density at radius 2 is 1.77 bits per heavy atom. The molecule has 2 aromatic carbocycles. The van der Waals surface area contributed by atoms with Gasteiger partial charge in [-0.15, -0.1) is 0 Å². The lowest BCUT2D eigenvalue weighted by atomic mass is 9.83. The Morgan fingerprint density at radius 3 is 2.50 bits per heavy atom. The van der Waals surface area contributed by atoms with Crippen LogP contribution in [0.5, 0.6) is 17.2 Å². The summed E-state index contributed by atoms with van der Waals surface area (Å²) in [5, 5.41) is 9.49. The third-order valence-electron chi connectivity index (χ3n) is 3.84. The van der Waals surface area contributed by atoms with Gasteiger partial charge in [-0.3, -0.25) is 0 Å². The van der Waals surface area contributed by atoms with Crippen molar-refractivity contribution in [3.05, 3.63) is 65.0 Å². The molecule has 0 unspecified atom stereocenters. The highest BCUT2D eigenvalue weighted by molar-refractivity contribution is 5.61. The molecule has 1 atom stereocenters. The van der Waals surface area contributed by atoms with Gasteiger partial charge in [0.2, 0.25) is 12.7 Å². The van der Waals surface area contributed by atoms with Gasteiger partial charge in [0.05, 0.1) is 5.92 Å². The molecule has 0 aromatic heterocycles. The number of nitrogens with zero attached hydrogens (tertiary/aromatic N) is 1. The molecule has 0 radical (unpaired) electrons. The summed E-state index contributed by atoms with van der Waals surface area (Å²) in [5.74, 6) is 1.72. The van der Waals surface area contributed by atoms with Crippen LogP contribution in [0, 0.1) is 11.3 Å². The van der Waals surface area contributed by atoms with Crippen LogP contribution in [0.4, 0.5) is 0 Å². The number of nitriles is 1. The van der Waals surface area contributed by atoms with Crippen LogP contribution in [0.3, 0.4) is 0 Å². The SMILES string of the molecule is N#CC1=C(N)Oc2cc3c(cc2[C@@H]1c1ccccc1)OCO3. The number of hydrogen-bond acceptors (Lipinski definition) is 5. The van der Waals surface area contributed by atoms with Crippen molar-refractivity contribution in [1.82, 2.24) is 0 Å². The lowest BCUT2D eigenvalue weighted by Crippen LogP contribution is -2.21. The zero-order valence-electron chi connectivity index (χ0n) is 11.6. The maximum Gasteiger partial charge on any atom is 0.231 e. The van der Waals surface area contributed by atoms with Gasteiger partial charge in [0, 0.05) is 11.6 Å². The highest BCUT2D eigenvalue weighted by Crippen LogP contribution is 2.47. The summed E-state index contributed by atoms with van der Waals surface area (Å²) < 4.78 is 16.4. The van der Waals surface area contributed by atoms with E-state index in [1.54, 1.807) is 6.07 Å². The van der Waals surface area contributed by atoms with Crippen LogP contribution < -0.4 is 19.9 Å². The third kappa shape index (κ3) is 1.78. The van der Waals surface area contributed by atoms with Crippen molar-refractivity contribution in [2.75, 3.05) is 6.79 Å². The second kappa shape index (κ2) is 4.71. The van der Waals surface area contributed by atoms with E-state index in [4.69, 9.17) is 19.9 Å². The predicted octanol–water partition coefficient (Wildman–Crippen LogP) is 2.63. The average molecular weight is 292 g/mol. The fourth-order valence-electron chi connectivity index (χ4n) is 2.84. The molecule has 2 aromatic rings. The predicted molar refractivity (Wildman–Crippen MR) is 78.3 cm³/mol. The number of benzene rings is 2. The fourth-order valence-corrected chi connectivity index (χ4v) is 2.84. The Bertz CT molecular complexity index is 822. The van der Waals surface area contributed by atoms with Crippen molar-refractivity contribution < 1.29 is 14.2 Å². The van der Waals surface area contributed by atoms with Gasteiger partial charge in [-0.2, -0.15) is 5.26 Å². The zero-order valence-corrected chi connectivity index (χ0v) is 11.6. The van der Waals surface area contributed by atoms with E-state index in [1.807, 2.05) is 36.4 Å². The minimum Gasteiger partial charge on any atom is -0.454 e. The molecule has 5 nitrogen and oxygen atoms in total. The van der Waals surface area contributed by atoms with Crippen LogP contribution in [0.2, 0.25) is 0 Å². The molecule has 2 aliphatic rings. The summed E-state index contributed by atoms with van der Waals surface area (Å²) in [4.78, 5) is 0. The number of fused-ring (bicyclic) bond motifs is 2. The molecule has 2 aliphatic heterocycles. The minimum atomic E-state index is -0.274. The van der Waals surface area contributed by atoms with Crippen molar-refractivity contribution in [1.29, 1.82) is 5.26 Å². The molecular formula is C17H12N2O3. The standard InChI is InChI=1S/C17H12N2O3/c18-8-12-16(10-4-2-1-3-5-10)11-6-14-15(21-9-20-14)7-13(11)22-17(12)19/h1-7,16H,9,19H2/t16-/m0/s1. The van der Waals surface area contributed by atoms with Crippen LogP contribution in [0.15, 0.2) is 53.9 Å². The van der Waals surface area contributed by atoms with Crippen molar-refractivity contribution >= 4 is 0 Å². The summed E-state index contributed by atoms with van der Waals surface area (Å²) in [7, 11) is 0. The third-order valence-corrected chi connectivity index (χ3v) is 3.84. The van der Waals surface area contributed by atoms with Gasteiger partial charge in [-0.1, -0.05) is 30.3 Å². The molecule has 2 heterocycles. The summed E-state index contributed by atoms with van der Waals surface area (Å²) in [6.07, 6.45) is 0. The second-order valence-corrected chi connectivity index (χ2v) is 5.08. The van der Waals surface area contributed by atoms with E-state index in [-0.39, 0.29) is 18.6 Å². The van der Waals surface area contributed by atoms with Gasteiger partial charge in [0.25, 0.3) is 0 Å². The molecule has 0 fully saturated rings. The Kier molecular flexibility index (Phi) is 2.70. The first-order chi connectivity index (χ1) is 10.8. The van der Waals surface area contributed by atoms with Crippen LogP contribution in [0.25, 0.3) is 0 Å². The molecule has 4 rings (SSSR count). The van der Waals surface area contributed by atoms with E-state index in [0.29, 0.717) is 22.8 Å². The molecular weight excluding hydrogens is 280 g/mol. The van der Waals surface area contributed by atoms with Crippen molar-refractivity contribution in [2.24, 2.45) is 5.73 Å². The molecule has 108 valence electrons. The summed E-state index contributed by atoms with van der Waals surface area (Å²) >= 11 is 0. The Hall–Kier alpha value is -3.13. The maximum atomic E-state index is 9.49. The van der Waals surface area contributed by atoms with Gasteiger partial charge in [-0.05, 0) is 11.6 Å². The van der Waals surface area contributed by atoms with E-state index >= 15 is 0 Å². The zero-order chi connectivity index (χ0) is 15.1. The van der Waals surface area contributed by atoms with Crippen molar-refractivity contribution in [3.63, 3.8) is 0 Å². The van der Waals surface area contributed by atoms with E-state index in [2.05, 4.69) is 6.07 Å². The lowest BCUT2D eigenvalue weighted by molar-refractivity contribution is 0.174. The second-order valence-electron chi connectivity index (χ2n) is 5.08. The van der Waals surface area contributed by atoms with Crippen LogP contribution in [0.1, 0.15) is 17.0 Å². The van der Waals surface area contributed by atoms with Gasteiger partial charge in [-0.25, -0.2) is 0 Å². The highest BCUT2D eigenvalue weighted by Gasteiger charge is 2.32. The number of hydrogen-bond donors (Lipinski definition) is 1. The average Bonchev–Trinajstić information content (AvgIpc) is 2.99. The molecule has 5 heteroatoms. The van der Waals surface area contributed by atoms with E-state index in [0.717, 1.165) is 11.1 Å². The molecule has 0 saturated heterocycles. The summed E-state index contributed by atoms with van der Waals surface area (Å²) in [5.41, 5.74) is 8.17. The van der Waals surface area contributed by atoms with Crippen LogP contribution >= 0.6 is 0 Å². The number of allylic oxidation sites excluding steroid dienone is 1. The van der Waals surface area contributed by atoms with E-state index in [1.165, 1.54) is 0 Å². The summed E-state index contributed by atoms with van der Waals surface area (Å²) in [6.45, 7) is 0.183. The quantitative estimate of drug-likeness (QED) is 0.874. The normalized spacial score (nSPS) is 18.4. The Morgan fingerprint density at radius 1 is 1.05 bits per heavy atom. The minimum absolute atomic E-state index is 0.128. The van der Waals surface area contributed by atoms with Crippen LogP contribution in [-0.2, 0) is 0 Å². The highest BCUT2D eigenvalue weighted by atomic mass is 16.7. The monoisotopic (exact) mass is 292 g/mol. The topological polar surface area (TPSA) is 77.5 Å². The first-order valence-electron chi connectivity index (χ1n) is 6.84. The number of nitrogens with two attached hydrogens (primary N) is 1. The number of rotatable bonds is 1. The van der Waals surface area contributed by atoms with E-state index in [9.17, 15) is 5.26 Å². The van der Waals surface area contributed by atoms with Gasteiger partial charge in [0.15, 0.2) is 11.5 Å². The molecule has 0 aliphatic carbocycles. The fraction of sp³-hybridized carbons (Fsp3) is 0.118. The smallest absolute Gasteiger partial charge is 0.231 e. The van der Waals surface area contributed by atoms with Crippen molar-refractivity contribution in [3.8, 4) is 23.3 Å². The van der Waals surface area contributed by atoms with E-state index < -0.39 is 0 Å². The molecule has 0 bridgehead atoms. The van der Waals surface area contributed by atoms with Gasteiger partial charge in [0.1, 0.15) is 17.4 Å². The van der Waals surface area contributed by atoms with Gasteiger partial charge >= 0.3 is 0 Å². The molecule has 0 amide bonds. The number of ether oxygens (including phenoxy) is 3. The van der Waals surface area contributed by atoms with Gasteiger partial charge < -0.3 is 19.9 Å². The molecule has 22 heavy (non-hydrogen) atoms. The molecule has 2 N–H and O–H groups in total.